The maximum absolute atomic E-state index is 13.3. The van der Waals surface area contributed by atoms with Crippen LogP contribution in [0.3, 0.4) is 0 Å². The van der Waals surface area contributed by atoms with Crippen molar-refractivity contribution in [1.82, 2.24) is 9.97 Å². The third-order valence-electron chi connectivity index (χ3n) is 3.20. The minimum Gasteiger partial charge on any atom is -0.383 e. The van der Waals surface area contributed by atoms with Crippen LogP contribution in [0.1, 0.15) is 5.56 Å². The zero-order valence-electron chi connectivity index (χ0n) is 11.0. The number of nitrogens with zero attached hydrogens (tertiary/aromatic N) is 2. The molecule has 0 bridgehead atoms. The Bertz CT molecular complexity index is 839. The van der Waals surface area contributed by atoms with Crippen molar-refractivity contribution >= 4 is 16.7 Å². The predicted molar refractivity (Wildman–Crippen MR) is 74.0 cm³/mol. The van der Waals surface area contributed by atoms with Crippen molar-refractivity contribution in [3.05, 3.63) is 53.3 Å². The lowest BCUT2D eigenvalue weighted by Crippen LogP contribution is -2.00. The molecule has 0 radical (unpaired) electrons. The fourth-order valence-electron chi connectivity index (χ4n) is 2.13. The summed E-state index contributed by atoms with van der Waals surface area (Å²) < 4.78 is 39.6. The first-order valence-corrected chi connectivity index (χ1v) is 6.15. The summed E-state index contributed by atoms with van der Waals surface area (Å²) >= 11 is 0. The highest BCUT2D eigenvalue weighted by molar-refractivity contribution is 5.91. The Labute approximate surface area is 118 Å². The van der Waals surface area contributed by atoms with Crippen LogP contribution in [-0.2, 0) is 0 Å². The molecule has 2 aromatic carbocycles. The van der Waals surface area contributed by atoms with Crippen LogP contribution in [0, 0.1) is 24.4 Å². The van der Waals surface area contributed by atoms with Crippen molar-refractivity contribution in [2.45, 2.75) is 6.92 Å². The van der Waals surface area contributed by atoms with Gasteiger partial charge >= 0.3 is 0 Å². The van der Waals surface area contributed by atoms with Gasteiger partial charge in [0.05, 0.1) is 5.52 Å². The zero-order valence-corrected chi connectivity index (χ0v) is 11.0. The summed E-state index contributed by atoms with van der Waals surface area (Å²) in [5, 5.41) is 0.654. The molecule has 2 N–H and O–H groups in total. The van der Waals surface area contributed by atoms with E-state index in [2.05, 4.69) is 9.97 Å². The fourth-order valence-corrected chi connectivity index (χ4v) is 2.13. The van der Waals surface area contributed by atoms with Crippen LogP contribution in [0.4, 0.5) is 19.0 Å². The van der Waals surface area contributed by atoms with Gasteiger partial charge in [0.25, 0.3) is 0 Å². The largest absolute Gasteiger partial charge is 0.383 e. The predicted octanol–water partition coefficient (Wildman–Crippen LogP) is 3.60. The van der Waals surface area contributed by atoms with Gasteiger partial charge in [-0.15, -0.1) is 0 Å². The Balaban J connectivity index is 2.29. The average molecular weight is 289 g/mol. The number of fused-ring (bicyclic) bond motifs is 1. The number of nitrogen functional groups attached to an aromatic ring is 1. The first-order valence-electron chi connectivity index (χ1n) is 6.15. The molecule has 1 heterocycles. The van der Waals surface area contributed by atoms with E-state index in [1.54, 1.807) is 6.07 Å². The molecule has 0 aliphatic rings. The molecular formula is C15H10F3N3. The lowest BCUT2D eigenvalue weighted by Gasteiger charge is -2.08. The van der Waals surface area contributed by atoms with Gasteiger partial charge in [0.2, 0.25) is 0 Å². The molecule has 0 spiro atoms. The van der Waals surface area contributed by atoms with Gasteiger partial charge in [-0.3, -0.25) is 0 Å². The number of aromatic nitrogens is 2. The summed E-state index contributed by atoms with van der Waals surface area (Å²) in [6, 6.07) is 7.10. The van der Waals surface area contributed by atoms with Crippen molar-refractivity contribution < 1.29 is 13.2 Å². The molecule has 0 saturated carbocycles. The Morgan fingerprint density at radius 2 is 1.67 bits per heavy atom. The van der Waals surface area contributed by atoms with Crippen LogP contribution in [-0.4, -0.2) is 9.97 Å². The van der Waals surface area contributed by atoms with Crippen molar-refractivity contribution in [2.24, 2.45) is 0 Å². The van der Waals surface area contributed by atoms with Gasteiger partial charge in [0, 0.05) is 10.9 Å². The maximum atomic E-state index is 13.3. The number of para-hydroxylation sites is 1. The first-order chi connectivity index (χ1) is 9.97. The lowest BCUT2D eigenvalue weighted by molar-refractivity contribution is 0.447. The number of hydrogen-bond acceptors (Lipinski definition) is 3. The van der Waals surface area contributed by atoms with E-state index in [9.17, 15) is 13.2 Å². The standard InChI is InChI=1S/C15H10F3N3/c1-7-3-2-4-9-13(7)20-15(21-14(9)19)8-5-10(16)12(18)11(17)6-8/h2-6H,1H3,(H2,19,20,21). The normalized spacial score (nSPS) is 11.0. The molecule has 3 nitrogen and oxygen atoms in total. The summed E-state index contributed by atoms with van der Waals surface area (Å²) in [7, 11) is 0. The Hall–Kier alpha value is -2.63. The number of benzene rings is 2. The molecule has 0 aliphatic heterocycles. The van der Waals surface area contributed by atoms with Crippen LogP contribution in [0.15, 0.2) is 30.3 Å². The van der Waals surface area contributed by atoms with Crippen LogP contribution in [0.5, 0.6) is 0 Å². The van der Waals surface area contributed by atoms with Crippen LogP contribution in [0.25, 0.3) is 22.3 Å². The fraction of sp³-hybridized carbons (Fsp3) is 0.0667. The van der Waals surface area contributed by atoms with E-state index in [-0.39, 0.29) is 17.2 Å². The number of nitrogens with two attached hydrogens (primary N) is 1. The molecule has 21 heavy (non-hydrogen) atoms. The second kappa shape index (κ2) is 4.73. The van der Waals surface area contributed by atoms with Gasteiger partial charge in [0.1, 0.15) is 5.82 Å². The summed E-state index contributed by atoms with van der Waals surface area (Å²) in [5.41, 5.74) is 7.33. The molecule has 0 aliphatic carbocycles. The molecule has 0 unspecified atom stereocenters. The van der Waals surface area contributed by atoms with Crippen LogP contribution < -0.4 is 5.73 Å². The monoisotopic (exact) mass is 289 g/mol. The smallest absolute Gasteiger partial charge is 0.194 e. The quantitative estimate of drug-likeness (QED) is 0.696. The van der Waals surface area contributed by atoms with E-state index in [0.29, 0.717) is 10.9 Å². The summed E-state index contributed by atoms with van der Waals surface area (Å²) in [6.45, 7) is 1.84. The van der Waals surface area contributed by atoms with Crippen molar-refractivity contribution in [3.63, 3.8) is 0 Å². The second-order valence-electron chi connectivity index (χ2n) is 4.66. The molecule has 1 aromatic heterocycles. The maximum Gasteiger partial charge on any atom is 0.194 e. The second-order valence-corrected chi connectivity index (χ2v) is 4.66. The summed E-state index contributed by atoms with van der Waals surface area (Å²) in [4.78, 5) is 8.31. The number of rotatable bonds is 1. The highest BCUT2D eigenvalue weighted by Gasteiger charge is 2.15. The molecule has 6 heteroatoms. The zero-order chi connectivity index (χ0) is 15.1. The van der Waals surface area contributed by atoms with E-state index in [1.165, 1.54) is 0 Å². The Kier molecular flexibility index (Phi) is 3.01. The summed E-state index contributed by atoms with van der Waals surface area (Å²) in [6.07, 6.45) is 0. The number of halogens is 3. The van der Waals surface area contributed by atoms with E-state index in [1.807, 2.05) is 19.1 Å². The highest BCUT2D eigenvalue weighted by atomic mass is 19.2. The van der Waals surface area contributed by atoms with E-state index >= 15 is 0 Å². The minimum absolute atomic E-state index is 0.0308. The molecule has 0 fully saturated rings. The number of aryl methyl sites for hydroxylation is 1. The van der Waals surface area contributed by atoms with Gasteiger partial charge in [-0.25, -0.2) is 23.1 Å². The Morgan fingerprint density at radius 1 is 1.00 bits per heavy atom. The van der Waals surface area contributed by atoms with Crippen molar-refractivity contribution in [3.8, 4) is 11.4 Å². The van der Waals surface area contributed by atoms with Crippen LogP contribution >= 0.6 is 0 Å². The SMILES string of the molecule is Cc1cccc2c(N)nc(-c3cc(F)c(F)c(F)c3)nc12. The van der Waals surface area contributed by atoms with Crippen molar-refractivity contribution in [1.29, 1.82) is 0 Å². The minimum atomic E-state index is -1.52. The molecule has 0 saturated heterocycles. The molecular weight excluding hydrogens is 279 g/mol. The van der Waals surface area contributed by atoms with Crippen LogP contribution in [0.2, 0.25) is 0 Å². The molecule has 106 valence electrons. The van der Waals surface area contributed by atoms with Gasteiger partial charge < -0.3 is 5.73 Å². The average Bonchev–Trinajstić information content (AvgIpc) is 2.45. The van der Waals surface area contributed by atoms with Gasteiger partial charge in [-0.1, -0.05) is 12.1 Å². The van der Waals surface area contributed by atoms with Gasteiger partial charge in [-0.05, 0) is 30.7 Å². The molecule has 3 rings (SSSR count). The van der Waals surface area contributed by atoms with E-state index < -0.39 is 17.5 Å². The van der Waals surface area contributed by atoms with Gasteiger partial charge in [-0.2, -0.15) is 0 Å². The number of hydrogen-bond donors (Lipinski definition) is 1. The summed E-state index contributed by atoms with van der Waals surface area (Å²) in [5.74, 6) is -3.87. The topological polar surface area (TPSA) is 51.8 Å². The third kappa shape index (κ3) is 2.18. The lowest BCUT2D eigenvalue weighted by atomic mass is 10.1. The number of anilines is 1. The van der Waals surface area contributed by atoms with Gasteiger partial charge in [0.15, 0.2) is 23.3 Å². The first kappa shape index (κ1) is 13.4. The molecule has 3 aromatic rings. The highest BCUT2D eigenvalue weighted by Crippen LogP contribution is 2.26. The molecule has 0 atom stereocenters. The molecule has 0 amide bonds. The van der Waals surface area contributed by atoms with Crippen molar-refractivity contribution in [2.75, 3.05) is 5.73 Å². The third-order valence-corrected chi connectivity index (χ3v) is 3.20. The van der Waals surface area contributed by atoms with E-state index in [0.717, 1.165) is 17.7 Å². The van der Waals surface area contributed by atoms with E-state index in [4.69, 9.17) is 5.73 Å². The Morgan fingerprint density at radius 3 is 2.33 bits per heavy atom.